The Morgan fingerprint density at radius 2 is 2.00 bits per heavy atom. The van der Waals surface area contributed by atoms with Crippen molar-refractivity contribution in [2.24, 2.45) is 12.8 Å². The predicted octanol–water partition coefficient (Wildman–Crippen LogP) is 1.27. The zero-order valence-electron chi connectivity index (χ0n) is 18.3. The van der Waals surface area contributed by atoms with Crippen molar-refractivity contribution in [2.75, 3.05) is 6.54 Å². The minimum Gasteiger partial charge on any atom is -0.473 e. The first-order valence-corrected chi connectivity index (χ1v) is 11.9. The van der Waals surface area contributed by atoms with Crippen LogP contribution in [0.3, 0.4) is 0 Å². The SMILES string of the molecule is Cn1cc(S(=O)(=O)O)nc1C(Oc1cccc(C2(Cc3ccccc3)CNC(=O)C2)c1)C(N)=O. The minimum atomic E-state index is -4.58. The molecule has 1 aromatic heterocycles. The van der Waals surface area contributed by atoms with Gasteiger partial charge in [-0.2, -0.15) is 8.42 Å². The Labute approximate surface area is 196 Å². The van der Waals surface area contributed by atoms with Crippen LogP contribution < -0.4 is 15.8 Å². The number of primary amides is 1. The molecule has 1 aliphatic heterocycles. The number of nitrogens with two attached hydrogens (primary N) is 1. The van der Waals surface area contributed by atoms with Gasteiger partial charge in [0.15, 0.2) is 5.82 Å². The van der Waals surface area contributed by atoms with Gasteiger partial charge in [-0.15, -0.1) is 0 Å². The van der Waals surface area contributed by atoms with Crippen molar-refractivity contribution in [1.82, 2.24) is 14.9 Å². The average molecular weight is 485 g/mol. The average Bonchev–Trinajstić information content (AvgIpc) is 3.36. The van der Waals surface area contributed by atoms with Crippen LogP contribution >= 0.6 is 0 Å². The molecule has 2 atom stereocenters. The molecule has 2 aromatic carbocycles. The number of aromatic nitrogens is 2. The largest absolute Gasteiger partial charge is 0.473 e. The predicted molar refractivity (Wildman–Crippen MR) is 121 cm³/mol. The lowest BCUT2D eigenvalue weighted by atomic mass is 9.75. The lowest BCUT2D eigenvalue weighted by Crippen LogP contribution is -2.32. The van der Waals surface area contributed by atoms with Gasteiger partial charge < -0.3 is 20.4 Å². The molecule has 178 valence electrons. The number of hydrogen-bond acceptors (Lipinski definition) is 6. The van der Waals surface area contributed by atoms with Crippen LogP contribution in [0.25, 0.3) is 0 Å². The summed E-state index contributed by atoms with van der Waals surface area (Å²) in [5.74, 6) is -0.729. The highest BCUT2D eigenvalue weighted by Crippen LogP contribution is 2.37. The number of carbonyl (C=O) groups excluding carboxylic acids is 2. The molecule has 3 aromatic rings. The molecule has 4 rings (SSSR count). The molecular formula is C23H24N4O6S. The molecule has 2 heterocycles. The Kier molecular flexibility index (Phi) is 6.15. The van der Waals surface area contributed by atoms with Crippen LogP contribution in [0.2, 0.25) is 0 Å². The molecule has 10 nitrogen and oxygen atoms in total. The Morgan fingerprint density at radius 3 is 2.59 bits per heavy atom. The van der Waals surface area contributed by atoms with Crippen LogP contribution in [0.1, 0.15) is 29.5 Å². The van der Waals surface area contributed by atoms with Gasteiger partial charge in [-0.3, -0.25) is 14.1 Å². The summed E-state index contributed by atoms with van der Waals surface area (Å²) in [5, 5.41) is 2.29. The third kappa shape index (κ3) is 4.80. The number of carbonyl (C=O) groups is 2. The number of benzene rings is 2. The molecule has 34 heavy (non-hydrogen) atoms. The summed E-state index contributed by atoms with van der Waals surface area (Å²) in [6.07, 6.45) is 0.559. The summed E-state index contributed by atoms with van der Waals surface area (Å²) in [6, 6.07) is 16.8. The van der Waals surface area contributed by atoms with E-state index in [1.807, 2.05) is 36.4 Å². The molecule has 4 N–H and O–H groups in total. The lowest BCUT2D eigenvalue weighted by molar-refractivity contribution is -0.125. The van der Waals surface area contributed by atoms with E-state index in [0.717, 1.165) is 17.3 Å². The van der Waals surface area contributed by atoms with Crippen LogP contribution in [0.15, 0.2) is 65.8 Å². The molecule has 0 saturated carbocycles. The number of ether oxygens (including phenoxy) is 1. The van der Waals surface area contributed by atoms with Gasteiger partial charge in [-0.1, -0.05) is 42.5 Å². The Bertz CT molecular complexity index is 1340. The van der Waals surface area contributed by atoms with Crippen molar-refractivity contribution in [2.45, 2.75) is 29.4 Å². The number of aryl methyl sites for hydroxylation is 1. The maximum atomic E-state index is 12.2. The van der Waals surface area contributed by atoms with Gasteiger partial charge in [-0.05, 0) is 29.7 Å². The topological polar surface area (TPSA) is 154 Å². The summed E-state index contributed by atoms with van der Waals surface area (Å²) in [6.45, 7) is 0.445. The van der Waals surface area contributed by atoms with Crippen LogP contribution in [-0.2, 0) is 38.6 Å². The second kappa shape index (κ2) is 8.92. The van der Waals surface area contributed by atoms with E-state index in [0.29, 0.717) is 25.1 Å². The number of nitrogens with zero attached hydrogens (tertiary/aromatic N) is 2. The highest BCUT2D eigenvalue weighted by atomic mass is 32.2. The highest BCUT2D eigenvalue weighted by Gasteiger charge is 2.40. The normalized spacial score (nSPS) is 18.9. The van der Waals surface area contributed by atoms with Gasteiger partial charge >= 0.3 is 10.1 Å². The summed E-state index contributed by atoms with van der Waals surface area (Å²) >= 11 is 0. The van der Waals surface area contributed by atoms with Crippen molar-refractivity contribution in [3.63, 3.8) is 0 Å². The number of imidazole rings is 1. The van der Waals surface area contributed by atoms with Crippen LogP contribution in [0.5, 0.6) is 5.75 Å². The van der Waals surface area contributed by atoms with Crippen LogP contribution in [0.4, 0.5) is 0 Å². The smallest absolute Gasteiger partial charge is 0.313 e. The van der Waals surface area contributed by atoms with E-state index >= 15 is 0 Å². The number of hydrogen-bond donors (Lipinski definition) is 3. The fourth-order valence-corrected chi connectivity index (χ4v) is 4.71. The number of rotatable bonds is 8. The van der Waals surface area contributed by atoms with Crippen molar-refractivity contribution in [3.8, 4) is 5.75 Å². The Morgan fingerprint density at radius 1 is 1.26 bits per heavy atom. The molecular weight excluding hydrogens is 460 g/mol. The van der Waals surface area contributed by atoms with Crippen LogP contribution in [0, 0.1) is 0 Å². The molecule has 0 spiro atoms. The molecule has 0 bridgehead atoms. The number of nitrogens with one attached hydrogen (secondary N) is 1. The van der Waals surface area contributed by atoms with Gasteiger partial charge in [0, 0.05) is 31.6 Å². The highest BCUT2D eigenvalue weighted by molar-refractivity contribution is 7.85. The lowest BCUT2D eigenvalue weighted by Gasteiger charge is -2.29. The first-order chi connectivity index (χ1) is 16.1. The van der Waals surface area contributed by atoms with Gasteiger partial charge in [0.05, 0.1) is 0 Å². The fourth-order valence-electron chi connectivity index (χ4n) is 4.21. The van der Waals surface area contributed by atoms with E-state index in [4.69, 9.17) is 10.5 Å². The molecule has 1 saturated heterocycles. The molecule has 1 aliphatic rings. The molecule has 0 aliphatic carbocycles. The third-order valence-electron chi connectivity index (χ3n) is 5.86. The third-order valence-corrected chi connectivity index (χ3v) is 6.58. The van der Waals surface area contributed by atoms with Gasteiger partial charge in [0.2, 0.25) is 17.0 Å². The van der Waals surface area contributed by atoms with E-state index in [-0.39, 0.29) is 11.7 Å². The van der Waals surface area contributed by atoms with E-state index < -0.39 is 32.6 Å². The molecule has 0 radical (unpaired) electrons. The first-order valence-electron chi connectivity index (χ1n) is 10.5. The van der Waals surface area contributed by atoms with Crippen molar-refractivity contribution in [3.05, 3.63) is 77.7 Å². The Hall–Kier alpha value is -3.70. The summed E-state index contributed by atoms with van der Waals surface area (Å²) in [5.41, 5.74) is 6.93. The molecule has 2 unspecified atom stereocenters. The zero-order chi connectivity index (χ0) is 24.5. The van der Waals surface area contributed by atoms with Gasteiger partial charge in [0.1, 0.15) is 5.75 Å². The zero-order valence-corrected chi connectivity index (χ0v) is 19.2. The van der Waals surface area contributed by atoms with Crippen molar-refractivity contribution < 1.29 is 27.3 Å². The molecule has 1 fully saturated rings. The standard InChI is InChI=1S/C23H24N4O6S/c1-27-13-19(34(30,31)32)26-22(27)20(21(24)29)33-17-9-5-8-16(10-17)23(12-18(28)25-14-23)11-15-6-3-2-4-7-15/h2-10,13,20H,11-12,14H2,1H3,(H2,24,29)(H,25,28)(H,30,31,32). The number of amides is 2. The monoisotopic (exact) mass is 484 g/mol. The quantitative estimate of drug-likeness (QED) is 0.407. The second-order valence-corrected chi connectivity index (χ2v) is 9.72. The van der Waals surface area contributed by atoms with E-state index in [2.05, 4.69) is 10.3 Å². The fraction of sp³-hybridized carbons (Fsp3) is 0.261. The first kappa shape index (κ1) is 23.5. The minimum absolute atomic E-state index is 0.0528. The summed E-state index contributed by atoms with van der Waals surface area (Å²) < 4.78 is 39.3. The maximum absolute atomic E-state index is 12.2. The summed E-state index contributed by atoms with van der Waals surface area (Å²) in [7, 11) is -3.12. The Balaban J connectivity index is 1.67. The van der Waals surface area contributed by atoms with E-state index in [9.17, 15) is 22.6 Å². The van der Waals surface area contributed by atoms with E-state index in [1.165, 1.54) is 11.6 Å². The second-order valence-electron chi connectivity index (χ2n) is 8.35. The summed E-state index contributed by atoms with van der Waals surface area (Å²) in [4.78, 5) is 28.2. The van der Waals surface area contributed by atoms with E-state index in [1.54, 1.807) is 18.2 Å². The molecule has 2 amide bonds. The van der Waals surface area contributed by atoms with Crippen molar-refractivity contribution in [1.29, 1.82) is 0 Å². The molecule has 11 heteroatoms. The van der Waals surface area contributed by atoms with Gasteiger partial charge in [-0.25, -0.2) is 4.98 Å². The maximum Gasteiger partial charge on any atom is 0.313 e. The van der Waals surface area contributed by atoms with Gasteiger partial charge in [0.25, 0.3) is 5.91 Å². The van der Waals surface area contributed by atoms with Crippen LogP contribution in [-0.4, -0.2) is 40.9 Å². The van der Waals surface area contributed by atoms with Crippen molar-refractivity contribution >= 4 is 21.9 Å².